The molecule has 39 heavy (non-hydrogen) atoms. The van der Waals surface area contributed by atoms with E-state index in [1.54, 1.807) is 30.3 Å². The summed E-state index contributed by atoms with van der Waals surface area (Å²) in [5, 5.41) is 3.38. The first kappa shape index (κ1) is 26.6. The number of alkyl halides is 3. The first-order valence-corrected chi connectivity index (χ1v) is 12.9. The van der Waals surface area contributed by atoms with E-state index in [1.807, 2.05) is 55.6 Å². The summed E-state index contributed by atoms with van der Waals surface area (Å²) in [5.41, 5.74) is 4.03. The van der Waals surface area contributed by atoms with Crippen molar-refractivity contribution in [2.24, 2.45) is 0 Å². The fourth-order valence-corrected chi connectivity index (χ4v) is 5.10. The first-order valence-electron chi connectivity index (χ1n) is 12.5. The number of carbonyl (C=O) groups is 1. The maximum absolute atomic E-state index is 13.8. The van der Waals surface area contributed by atoms with Crippen molar-refractivity contribution in [3.8, 4) is 0 Å². The molecule has 0 saturated carbocycles. The summed E-state index contributed by atoms with van der Waals surface area (Å²) in [7, 11) is 0. The van der Waals surface area contributed by atoms with Crippen molar-refractivity contribution in [3.63, 3.8) is 0 Å². The highest BCUT2D eigenvalue weighted by atomic mass is 35.5. The van der Waals surface area contributed by atoms with Gasteiger partial charge in [-0.15, -0.1) is 0 Å². The van der Waals surface area contributed by atoms with Crippen LogP contribution in [0.1, 0.15) is 40.2 Å². The molecule has 1 heterocycles. The molecule has 5 rings (SSSR count). The highest BCUT2D eigenvalue weighted by Gasteiger charge is 2.34. The van der Waals surface area contributed by atoms with Gasteiger partial charge in [0.1, 0.15) is 0 Å². The largest absolute Gasteiger partial charge is 0.417 e. The highest BCUT2D eigenvalue weighted by Crippen LogP contribution is 2.40. The van der Waals surface area contributed by atoms with E-state index in [1.165, 1.54) is 6.07 Å². The van der Waals surface area contributed by atoms with E-state index in [0.29, 0.717) is 17.8 Å². The Morgan fingerprint density at radius 2 is 1.62 bits per heavy atom. The second-order valence-electron chi connectivity index (χ2n) is 9.62. The van der Waals surface area contributed by atoms with Crippen molar-refractivity contribution < 1.29 is 18.0 Å². The van der Waals surface area contributed by atoms with E-state index in [0.717, 1.165) is 33.7 Å². The smallest absolute Gasteiger partial charge is 0.343 e. The van der Waals surface area contributed by atoms with Crippen molar-refractivity contribution in [2.45, 2.75) is 32.0 Å². The van der Waals surface area contributed by atoms with Crippen LogP contribution in [0.3, 0.4) is 0 Å². The van der Waals surface area contributed by atoms with Gasteiger partial charge in [0.05, 0.1) is 10.6 Å². The van der Waals surface area contributed by atoms with Crippen LogP contribution < -0.4 is 5.32 Å². The minimum atomic E-state index is -4.62. The number of nitrogens with one attached hydrogen (secondary N) is 1. The van der Waals surface area contributed by atoms with Gasteiger partial charge in [-0.25, -0.2) is 0 Å². The number of carbonyl (C=O) groups excluding carboxylic acids is 1. The third-order valence-electron chi connectivity index (χ3n) is 6.81. The van der Waals surface area contributed by atoms with Gasteiger partial charge in [0.2, 0.25) is 5.91 Å². The van der Waals surface area contributed by atoms with Crippen LogP contribution in [-0.4, -0.2) is 10.5 Å². The van der Waals surface area contributed by atoms with Gasteiger partial charge >= 0.3 is 6.18 Å². The first-order chi connectivity index (χ1) is 18.7. The summed E-state index contributed by atoms with van der Waals surface area (Å²) in [6, 6.07) is 28.8. The molecule has 0 radical (unpaired) electrons. The Bertz CT molecular complexity index is 1610. The Labute approximate surface area is 229 Å². The second-order valence-corrected chi connectivity index (χ2v) is 10.0. The Hall–Kier alpha value is -4.03. The van der Waals surface area contributed by atoms with Gasteiger partial charge in [0.25, 0.3) is 0 Å². The maximum atomic E-state index is 13.8. The third-order valence-corrected chi connectivity index (χ3v) is 7.14. The molecule has 0 bridgehead atoms. The summed E-state index contributed by atoms with van der Waals surface area (Å²) >= 11 is 5.94. The molecule has 0 spiro atoms. The summed E-state index contributed by atoms with van der Waals surface area (Å²) in [6.07, 6.45) is -2.72. The van der Waals surface area contributed by atoms with Crippen LogP contribution in [0.5, 0.6) is 0 Å². The van der Waals surface area contributed by atoms with Crippen molar-refractivity contribution in [1.82, 2.24) is 4.57 Å². The maximum Gasteiger partial charge on any atom is 0.417 e. The number of aromatic nitrogens is 1. The van der Waals surface area contributed by atoms with Crippen LogP contribution in [0.15, 0.2) is 103 Å². The van der Waals surface area contributed by atoms with Gasteiger partial charge in [-0.2, -0.15) is 13.2 Å². The summed E-state index contributed by atoms with van der Waals surface area (Å²) in [5.74, 6) is -0.943. The predicted octanol–water partition coefficient (Wildman–Crippen LogP) is 8.83. The van der Waals surface area contributed by atoms with E-state index >= 15 is 0 Å². The van der Waals surface area contributed by atoms with Crippen LogP contribution in [-0.2, 0) is 17.5 Å². The number of aryl methyl sites for hydroxylation is 1. The van der Waals surface area contributed by atoms with Crippen molar-refractivity contribution >= 4 is 34.1 Å². The minimum Gasteiger partial charge on any atom is -0.343 e. The lowest BCUT2D eigenvalue weighted by atomic mass is 9.87. The monoisotopic (exact) mass is 546 g/mol. The average Bonchev–Trinajstić information content (AvgIpc) is 3.27. The van der Waals surface area contributed by atoms with E-state index in [4.69, 9.17) is 11.6 Å². The predicted molar refractivity (Wildman–Crippen MR) is 150 cm³/mol. The molecule has 0 aliphatic rings. The number of para-hydroxylation sites is 2. The summed E-state index contributed by atoms with van der Waals surface area (Å²) < 4.78 is 43.5. The number of halogens is 4. The molecule has 0 fully saturated rings. The third kappa shape index (κ3) is 6.02. The fraction of sp³-hybridized carbons (Fsp3) is 0.156. The van der Waals surface area contributed by atoms with Gasteiger partial charge in [-0.3, -0.25) is 4.79 Å². The molecule has 1 aromatic heterocycles. The molecule has 4 aromatic carbocycles. The molecule has 1 unspecified atom stereocenters. The Morgan fingerprint density at radius 3 is 2.33 bits per heavy atom. The van der Waals surface area contributed by atoms with Gasteiger partial charge in [0, 0.05) is 41.7 Å². The zero-order valence-electron chi connectivity index (χ0n) is 21.2. The lowest BCUT2D eigenvalue weighted by Crippen LogP contribution is -2.17. The van der Waals surface area contributed by atoms with Crippen LogP contribution in [0.25, 0.3) is 10.9 Å². The normalized spacial score (nSPS) is 12.4. The summed E-state index contributed by atoms with van der Waals surface area (Å²) in [4.78, 5) is 13.2. The quantitative estimate of drug-likeness (QED) is 0.217. The van der Waals surface area contributed by atoms with Crippen LogP contribution in [0, 0.1) is 6.92 Å². The molecular formula is C32H26ClF3N2O. The standard InChI is InChI=1S/C32H26ClF3N2O/c1-21-11-13-22(14-12-21)19-38-20-27(25-9-5-6-10-30(25)38)26(18-31(39)37-24-7-3-2-4-8-24)23-15-16-29(33)28(17-23)32(34,35)36/h2-17,20,26H,18-19H2,1H3,(H,37,39). The number of hydrogen-bond acceptors (Lipinski definition) is 1. The number of fused-ring (bicyclic) bond motifs is 1. The molecule has 0 aliphatic heterocycles. The average molecular weight is 547 g/mol. The molecule has 1 amide bonds. The SMILES string of the molecule is Cc1ccc(Cn2cc(C(CC(=O)Nc3ccccc3)c3ccc(Cl)c(C(F)(F)F)c3)c3ccccc32)cc1. The molecular weight excluding hydrogens is 521 g/mol. The number of nitrogens with zero attached hydrogens (tertiary/aromatic N) is 1. The van der Waals surface area contributed by atoms with Crippen LogP contribution in [0.2, 0.25) is 5.02 Å². The molecule has 7 heteroatoms. The van der Waals surface area contributed by atoms with Crippen molar-refractivity contribution in [2.75, 3.05) is 5.32 Å². The fourth-order valence-electron chi connectivity index (χ4n) is 4.88. The number of hydrogen-bond donors (Lipinski definition) is 1. The second kappa shape index (κ2) is 11.0. The molecule has 3 nitrogen and oxygen atoms in total. The molecule has 0 saturated heterocycles. The number of anilines is 1. The van der Waals surface area contributed by atoms with E-state index in [-0.39, 0.29) is 17.4 Å². The van der Waals surface area contributed by atoms with Crippen molar-refractivity contribution in [3.05, 3.63) is 136 Å². The lowest BCUT2D eigenvalue weighted by Gasteiger charge is -2.19. The molecule has 0 aliphatic carbocycles. The Morgan fingerprint density at radius 1 is 0.923 bits per heavy atom. The number of rotatable bonds is 7. The molecule has 5 aromatic rings. The van der Waals surface area contributed by atoms with Gasteiger partial charge < -0.3 is 9.88 Å². The van der Waals surface area contributed by atoms with Gasteiger partial charge in [-0.05, 0) is 53.9 Å². The molecule has 1 atom stereocenters. The number of benzene rings is 4. The highest BCUT2D eigenvalue weighted by molar-refractivity contribution is 6.31. The lowest BCUT2D eigenvalue weighted by molar-refractivity contribution is -0.137. The van der Waals surface area contributed by atoms with Gasteiger partial charge in [-0.1, -0.05) is 83.9 Å². The van der Waals surface area contributed by atoms with Crippen LogP contribution in [0.4, 0.5) is 18.9 Å². The number of amides is 1. The van der Waals surface area contributed by atoms with E-state index in [9.17, 15) is 18.0 Å². The Kier molecular flexibility index (Phi) is 7.49. The zero-order chi connectivity index (χ0) is 27.6. The molecule has 1 N–H and O–H groups in total. The van der Waals surface area contributed by atoms with E-state index in [2.05, 4.69) is 22.0 Å². The topological polar surface area (TPSA) is 34.0 Å². The van der Waals surface area contributed by atoms with E-state index < -0.39 is 17.7 Å². The van der Waals surface area contributed by atoms with Crippen molar-refractivity contribution in [1.29, 1.82) is 0 Å². The van der Waals surface area contributed by atoms with Gasteiger partial charge in [0.15, 0.2) is 0 Å². The molecule has 198 valence electrons. The van der Waals surface area contributed by atoms with Crippen LogP contribution >= 0.6 is 11.6 Å². The Balaban J connectivity index is 1.60. The summed E-state index contributed by atoms with van der Waals surface area (Å²) in [6.45, 7) is 2.61. The zero-order valence-corrected chi connectivity index (χ0v) is 21.9. The minimum absolute atomic E-state index is 0.0492.